The highest BCUT2D eigenvalue weighted by Gasteiger charge is 2.21. The zero-order valence-corrected chi connectivity index (χ0v) is 23.9. The second kappa shape index (κ2) is 10.7. The minimum Gasteiger partial charge on any atom is -0.496 e. The third-order valence-corrected chi connectivity index (χ3v) is 7.22. The van der Waals surface area contributed by atoms with Crippen molar-refractivity contribution in [2.24, 2.45) is 0 Å². The lowest BCUT2D eigenvalue weighted by Crippen LogP contribution is -1.96. The summed E-state index contributed by atoms with van der Waals surface area (Å²) in [7, 11) is 3.21. The Hall–Kier alpha value is -6.44. The van der Waals surface area contributed by atoms with E-state index in [2.05, 4.69) is 40.6 Å². The van der Waals surface area contributed by atoms with Crippen LogP contribution in [-0.4, -0.2) is 63.8 Å². The maximum Gasteiger partial charge on any atom is 0.346 e. The highest BCUT2D eigenvalue weighted by atomic mass is 16.5. The molecular weight excluding hydrogens is 576 g/mol. The minimum atomic E-state index is 0.260. The fourth-order valence-electron chi connectivity index (χ4n) is 5.10. The molecule has 0 spiro atoms. The van der Waals surface area contributed by atoms with Crippen LogP contribution in [0.1, 0.15) is 11.1 Å². The molecule has 0 bridgehead atoms. The quantitative estimate of drug-likeness (QED) is 0.235. The second-order valence-corrected chi connectivity index (χ2v) is 9.98. The molecule has 45 heavy (non-hydrogen) atoms. The summed E-state index contributed by atoms with van der Waals surface area (Å²) >= 11 is 0. The molecule has 8 rings (SSSR count). The molecule has 0 fully saturated rings. The first-order chi connectivity index (χ1) is 22.2. The maximum atomic E-state index is 6.00. The van der Waals surface area contributed by atoms with E-state index in [1.165, 1.54) is 0 Å². The summed E-state index contributed by atoms with van der Waals surface area (Å²) in [6.45, 7) is 0. The summed E-state index contributed by atoms with van der Waals surface area (Å²) in [5, 5.41) is 26.0. The first-order valence-electron chi connectivity index (χ1n) is 13.8. The molecule has 0 aliphatic heterocycles. The molecule has 220 valence electrons. The van der Waals surface area contributed by atoms with Crippen molar-refractivity contribution in [1.82, 2.24) is 49.6 Å². The number of methoxy groups -OCH3 is 2. The van der Waals surface area contributed by atoms with Gasteiger partial charge in [0, 0.05) is 35.9 Å². The van der Waals surface area contributed by atoms with Crippen molar-refractivity contribution in [3.63, 3.8) is 0 Å². The third-order valence-electron chi connectivity index (χ3n) is 7.22. The third kappa shape index (κ3) is 4.60. The van der Waals surface area contributed by atoms with Gasteiger partial charge >= 0.3 is 11.7 Å². The number of ether oxygens (including phenoxy) is 2. The SMILES string of the molecule is COc1ccc(Cc2ccc(OC)c(-c3nn4c(-c5cccnc5)nnc4o3)c2)cc1-c1nn2c(-c3cccnc3)nnc2o1. The smallest absolute Gasteiger partial charge is 0.346 e. The number of benzene rings is 2. The van der Waals surface area contributed by atoms with Crippen LogP contribution in [0.5, 0.6) is 11.5 Å². The van der Waals surface area contributed by atoms with Crippen LogP contribution in [0, 0.1) is 0 Å². The van der Waals surface area contributed by atoms with E-state index in [0.717, 1.165) is 22.3 Å². The van der Waals surface area contributed by atoms with Crippen molar-refractivity contribution in [3.05, 3.63) is 96.6 Å². The molecule has 0 saturated heterocycles. The van der Waals surface area contributed by atoms with Gasteiger partial charge in [-0.25, -0.2) is 0 Å². The van der Waals surface area contributed by atoms with E-state index in [1.807, 2.05) is 60.7 Å². The Balaban J connectivity index is 1.13. The fourth-order valence-corrected chi connectivity index (χ4v) is 5.10. The molecule has 14 heteroatoms. The molecule has 0 aliphatic rings. The summed E-state index contributed by atoms with van der Waals surface area (Å²) in [5.74, 6) is 3.48. The average molecular weight is 599 g/mol. The van der Waals surface area contributed by atoms with Gasteiger partial charge in [-0.3, -0.25) is 9.97 Å². The predicted molar refractivity (Wildman–Crippen MR) is 159 cm³/mol. The number of rotatable bonds is 8. The standard InChI is InChI=1S/C31H22N10O4/c1-42-24-9-7-18(14-22(24)28-38-40-26(34-36-30(40)44-28)20-5-3-11-32-16-20)13-19-8-10-25(43-2)23(15-19)29-39-41-27(35-37-31(41)45-29)21-6-4-12-33-17-21/h3-12,14-17H,13H2,1-2H3. The Labute approximate surface area is 253 Å². The Morgan fingerprint density at radius 1 is 0.622 bits per heavy atom. The topological polar surface area (TPSA) is 157 Å². The molecule has 0 amide bonds. The number of hydrogen-bond acceptors (Lipinski definition) is 12. The zero-order valence-electron chi connectivity index (χ0n) is 23.9. The minimum absolute atomic E-state index is 0.260. The van der Waals surface area contributed by atoms with E-state index >= 15 is 0 Å². The molecule has 2 aromatic carbocycles. The van der Waals surface area contributed by atoms with Gasteiger partial charge in [0.2, 0.25) is 0 Å². The van der Waals surface area contributed by atoms with Crippen LogP contribution >= 0.6 is 0 Å². The molecule has 6 heterocycles. The van der Waals surface area contributed by atoms with Crippen molar-refractivity contribution in [1.29, 1.82) is 0 Å². The van der Waals surface area contributed by atoms with Gasteiger partial charge in [-0.05, 0) is 66.1 Å². The Morgan fingerprint density at radius 2 is 1.11 bits per heavy atom. The van der Waals surface area contributed by atoms with Crippen molar-refractivity contribution in [2.75, 3.05) is 14.2 Å². The number of fused-ring (bicyclic) bond motifs is 2. The number of aromatic nitrogens is 10. The van der Waals surface area contributed by atoms with Crippen LogP contribution in [0.25, 0.3) is 57.4 Å². The summed E-state index contributed by atoms with van der Waals surface area (Å²) < 4.78 is 26.4. The zero-order chi connectivity index (χ0) is 30.3. The van der Waals surface area contributed by atoms with E-state index in [1.54, 1.807) is 48.0 Å². The van der Waals surface area contributed by atoms with Crippen molar-refractivity contribution >= 4 is 11.7 Å². The van der Waals surface area contributed by atoms with Crippen LogP contribution in [-0.2, 0) is 6.42 Å². The summed E-state index contributed by atoms with van der Waals surface area (Å²) in [6.07, 6.45) is 7.36. The number of pyridine rings is 2. The molecule has 0 atom stereocenters. The first kappa shape index (κ1) is 26.2. The van der Waals surface area contributed by atoms with Crippen molar-refractivity contribution in [3.8, 4) is 57.2 Å². The maximum absolute atomic E-state index is 6.00. The van der Waals surface area contributed by atoms with Gasteiger partial charge in [0.1, 0.15) is 11.5 Å². The van der Waals surface area contributed by atoms with Crippen LogP contribution < -0.4 is 9.47 Å². The van der Waals surface area contributed by atoms with Crippen molar-refractivity contribution < 1.29 is 18.3 Å². The first-order valence-corrected chi connectivity index (χ1v) is 13.8. The monoisotopic (exact) mass is 598 g/mol. The second-order valence-electron chi connectivity index (χ2n) is 9.98. The molecular formula is C31H22N10O4. The summed E-state index contributed by atoms with van der Waals surface area (Å²) in [6, 6.07) is 19.1. The summed E-state index contributed by atoms with van der Waals surface area (Å²) in [5.41, 5.74) is 4.88. The molecule has 14 nitrogen and oxygen atoms in total. The molecule has 0 aliphatic carbocycles. The van der Waals surface area contributed by atoms with Gasteiger partial charge < -0.3 is 18.3 Å². The Bertz CT molecular complexity index is 2130. The molecule has 8 aromatic rings. The predicted octanol–water partition coefficient (Wildman–Crippen LogP) is 4.81. The Kier molecular flexibility index (Phi) is 6.22. The van der Waals surface area contributed by atoms with E-state index in [0.29, 0.717) is 52.5 Å². The molecule has 0 radical (unpaired) electrons. The highest BCUT2D eigenvalue weighted by molar-refractivity contribution is 5.68. The molecule has 0 saturated carbocycles. The number of nitrogens with zero attached hydrogens (tertiary/aromatic N) is 10. The lowest BCUT2D eigenvalue weighted by Gasteiger charge is -2.10. The lowest BCUT2D eigenvalue weighted by molar-refractivity contribution is 0.414. The largest absolute Gasteiger partial charge is 0.496 e. The van der Waals surface area contributed by atoms with Gasteiger partial charge in [0.05, 0.1) is 25.3 Å². The molecule has 6 aromatic heterocycles. The van der Waals surface area contributed by atoms with E-state index in [9.17, 15) is 0 Å². The van der Waals surface area contributed by atoms with Gasteiger partial charge in [-0.1, -0.05) is 22.3 Å². The van der Waals surface area contributed by atoms with E-state index < -0.39 is 0 Å². The molecule has 0 unspecified atom stereocenters. The van der Waals surface area contributed by atoms with Crippen LogP contribution in [0.3, 0.4) is 0 Å². The number of hydrogen-bond donors (Lipinski definition) is 0. The van der Waals surface area contributed by atoms with Gasteiger partial charge in [0.15, 0.2) is 11.6 Å². The van der Waals surface area contributed by atoms with Crippen molar-refractivity contribution in [2.45, 2.75) is 6.42 Å². The average Bonchev–Trinajstić information content (AvgIpc) is 3.87. The highest BCUT2D eigenvalue weighted by Crippen LogP contribution is 2.35. The van der Waals surface area contributed by atoms with Gasteiger partial charge in [0.25, 0.3) is 11.8 Å². The molecule has 0 N–H and O–H groups in total. The Morgan fingerprint density at radius 3 is 1.53 bits per heavy atom. The van der Waals surface area contributed by atoms with Crippen LogP contribution in [0.4, 0.5) is 0 Å². The van der Waals surface area contributed by atoms with E-state index in [4.69, 9.17) is 18.3 Å². The van der Waals surface area contributed by atoms with E-state index in [-0.39, 0.29) is 11.7 Å². The normalized spacial score (nSPS) is 11.4. The van der Waals surface area contributed by atoms with Gasteiger partial charge in [-0.2, -0.15) is 9.03 Å². The summed E-state index contributed by atoms with van der Waals surface area (Å²) in [4.78, 5) is 8.33. The fraction of sp³-hybridized carbons (Fsp3) is 0.0968. The lowest BCUT2D eigenvalue weighted by atomic mass is 10.00. The van der Waals surface area contributed by atoms with Crippen LogP contribution in [0.2, 0.25) is 0 Å². The van der Waals surface area contributed by atoms with Crippen LogP contribution in [0.15, 0.2) is 94.3 Å². The van der Waals surface area contributed by atoms with Gasteiger partial charge in [-0.15, -0.1) is 20.4 Å².